The van der Waals surface area contributed by atoms with Gasteiger partial charge in [-0.05, 0) is 23.6 Å². The second-order valence-corrected chi connectivity index (χ2v) is 7.70. The molecule has 2 amide bonds. The summed E-state index contributed by atoms with van der Waals surface area (Å²) in [5, 5.41) is 15.0. The summed E-state index contributed by atoms with van der Waals surface area (Å²) in [6.07, 6.45) is 1.44. The zero-order valence-electron chi connectivity index (χ0n) is 13.2. The molecule has 0 spiro atoms. The molecule has 0 saturated carbocycles. The number of nitrogens with one attached hydrogen (secondary N) is 2. The summed E-state index contributed by atoms with van der Waals surface area (Å²) < 4.78 is 22.4. The van der Waals surface area contributed by atoms with Crippen LogP contribution in [0.2, 0.25) is 0 Å². The quantitative estimate of drug-likeness (QED) is 0.710. The van der Waals surface area contributed by atoms with E-state index in [0.29, 0.717) is 11.3 Å². The molecule has 0 aliphatic heterocycles. The Hall–Kier alpha value is -1.60. The number of hydrogen-bond acceptors (Lipinski definition) is 4. The first kappa shape index (κ1) is 18.4. The van der Waals surface area contributed by atoms with E-state index in [-0.39, 0.29) is 18.2 Å². The van der Waals surface area contributed by atoms with Crippen LogP contribution < -0.4 is 10.6 Å². The average Bonchev–Trinajstić information content (AvgIpc) is 2.44. The van der Waals surface area contributed by atoms with Crippen molar-refractivity contribution in [2.24, 2.45) is 5.92 Å². The van der Waals surface area contributed by atoms with Gasteiger partial charge in [-0.1, -0.05) is 32.4 Å². The molecular weight excluding hydrogens is 304 g/mol. The Bertz CT molecular complexity index is 584. The Morgan fingerprint density at radius 1 is 1.27 bits per heavy atom. The van der Waals surface area contributed by atoms with Crippen LogP contribution in [0.15, 0.2) is 24.3 Å². The molecule has 0 aromatic heterocycles. The van der Waals surface area contributed by atoms with Gasteiger partial charge in [0, 0.05) is 18.5 Å². The van der Waals surface area contributed by atoms with E-state index in [1.54, 1.807) is 24.3 Å². The molecule has 0 radical (unpaired) electrons. The van der Waals surface area contributed by atoms with Gasteiger partial charge in [0.25, 0.3) is 0 Å². The van der Waals surface area contributed by atoms with Gasteiger partial charge < -0.3 is 15.7 Å². The van der Waals surface area contributed by atoms with Gasteiger partial charge in [0.2, 0.25) is 0 Å². The minimum Gasteiger partial charge on any atom is -0.391 e. The fourth-order valence-corrected chi connectivity index (χ4v) is 2.63. The predicted molar refractivity (Wildman–Crippen MR) is 87.5 cm³/mol. The van der Waals surface area contributed by atoms with Crippen LogP contribution >= 0.6 is 0 Å². The van der Waals surface area contributed by atoms with Crippen molar-refractivity contribution < 1.29 is 18.3 Å². The van der Waals surface area contributed by atoms with Crippen LogP contribution in [0.5, 0.6) is 0 Å². The zero-order valence-corrected chi connectivity index (χ0v) is 14.0. The summed E-state index contributed by atoms with van der Waals surface area (Å²) in [5.41, 5.74) is 1.23. The van der Waals surface area contributed by atoms with Gasteiger partial charge >= 0.3 is 6.03 Å². The summed E-state index contributed by atoms with van der Waals surface area (Å²) in [5.74, 6) is 0.0937. The van der Waals surface area contributed by atoms with Crippen LogP contribution in [0.1, 0.15) is 25.8 Å². The SMILES string of the molecule is CCC(C)C(O)CNC(=O)Nc1ccc(CS(C)(=O)=O)cc1. The van der Waals surface area contributed by atoms with Crippen molar-refractivity contribution in [3.63, 3.8) is 0 Å². The lowest BCUT2D eigenvalue weighted by Gasteiger charge is -2.17. The summed E-state index contributed by atoms with van der Waals surface area (Å²) in [4.78, 5) is 11.7. The molecule has 0 aliphatic rings. The Labute approximate surface area is 131 Å². The number of amides is 2. The maximum absolute atomic E-state index is 11.7. The van der Waals surface area contributed by atoms with Gasteiger partial charge in [0.15, 0.2) is 9.84 Å². The van der Waals surface area contributed by atoms with Gasteiger partial charge in [-0.2, -0.15) is 0 Å². The van der Waals surface area contributed by atoms with E-state index in [1.807, 2.05) is 13.8 Å². The Kier molecular flexibility index (Phi) is 6.83. The minimum absolute atomic E-state index is 0.0272. The lowest BCUT2D eigenvalue weighted by Crippen LogP contribution is -2.37. The molecule has 124 valence electrons. The monoisotopic (exact) mass is 328 g/mol. The fraction of sp³-hybridized carbons (Fsp3) is 0.533. The van der Waals surface area contributed by atoms with Gasteiger partial charge in [0.1, 0.15) is 0 Å². The number of hydrogen-bond donors (Lipinski definition) is 3. The van der Waals surface area contributed by atoms with Crippen LogP contribution in [-0.4, -0.2) is 38.5 Å². The van der Waals surface area contributed by atoms with E-state index < -0.39 is 22.0 Å². The second kappa shape index (κ2) is 8.14. The van der Waals surface area contributed by atoms with Crippen molar-refractivity contribution in [2.45, 2.75) is 32.1 Å². The van der Waals surface area contributed by atoms with Crippen molar-refractivity contribution in [1.29, 1.82) is 0 Å². The largest absolute Gasteiger partial charge is 0.391 e. The maximum Gasteiger partial charge on any atom is 0.319 e. The summed E-state index contributed by atoms with van der Waals surface area (Å²) in [6, 6.07) is 6.20. The highest BCUT2D eigenvalue weighted by Gasteiger charge is 2.13. The van der Waals surface area contributed by atoms with E-state index in [9.17, 15) is 18.3 Å². The van der Waals surface area contributed by atoms with Crippen LogP contribution in [0.25, 0.3) is 0 Å². The zero-order chi connectivity index (χ0) is 16.8. The number of rotatable bonds is 7. The van der Waals surface area contributed by atoms with Crippen molar-refractivity contribution in [1.82, 2.24) is 5.32 Å². The number of carbonyl (C=O) groups is 1. The van der Waals surface area contributed by atoms with Crippen LogP contribution in [0, 0.1) is 5.92 Å². The Morgan fingerprint density at radius 3 is 2.36 bits per heavy atom. The molecule has 22 heavy (non-hydrogen) atoms. The number of anilines is 1. The fourth-order valence-electron chi connectivity index (χ4n) is 1.83. The van der Waals surface area contributed by atoms with Crippen molar-refractivity contribution in [3.05, 3.63) is 29.8 Å². The number of aliphatic hydroxyl groups excluding tert-OH is 1. The number of sulfone groups is 1. The van der Waals surface area contributed by atoms with E-state index in [4.69, 9.17) is 0 Å². The number of benzene rings is 1. The first-order valence-electron chi connectivity index (χ1n) is 7.21. The van der Waals surface area contributed by atoms with Crippen molar-refractivity contribution >= 4 is 21.6 Å². The minimum atomic E-state index is -3.07. The molecular formula is C15H24N2O4S. The Morgan fingerprint density at radius 2 is 1.86 bits per heavy atom. The smallest absolute Gasteiger partial charge is 0.319 e. The topological polar surface area (TPSA) is 95.5 Å². The third-order valence-electron chi connectivity index (χ3n) is 3.41. The lowest BCUT2D eigenvalue weighted by atomic mass is 10.0. The third kappa shape index (κ3) is 6.91. The van der Waals surface area contributed by atoms with Gasteiger partial charge in [-0.25, -0.2) is 13.2 Å². The number of carbonyl (C=O) groups excluding carboxylic acids is 1. The second-order valence-electron chi connectivity index (χ2n) is 5.55. The molecule has 0 bridgehead atoms. The molecule has 6 nitrogen and oxygen atoms in total. The Balaban J connectivity index is 2.48. The first-order chi connectivity index (χ1) is 10.2. The van der Waals surface area contributed by atoms with Crippen LogP contribution in [0.3, 0.4) is 0 Å². The molecule has 1 aromatic carbocycles. The molecule has 0 fully saturated rings. The first-order valence-corrected chi connectivity index (χ1v) is 9.27. The molecule has 0 heterocycles. The summed E-state index contributed by atoms with van der Waals surface area (Å²) >= 11 is 0. The van der Waals surface area contributed by atoms with E-state index in [1.165, 1.54) is 6.26 Å². The van der Waals surface area contributed by atoms with Gasteiger partial charge in [-0.3, -0.25) is 0 Å². The predicted octanol–water partition coefficient (Wildman–Crippen LogP) is 1.76. The van der Waals surface area contributed by atoms with Gasteiger partial charge in [0.05, 0.1) is 11.9 Å². The lowest BCUT2D eigenvalue weighted by molar-refractivity contribution is 0.115. The molecule has 2 unspecified atom stereocenters. The number of urea groups is 1. The highest BCUT2D eigenvalue weighted by atomic mass is 32.2. The van der Waals surface area contributed by atoms with Gasteiger partial charge in [-0.15, -0.1) is 0 Å². The highest BCUT2D eigenvalue weighted by Crippen LogP contribution is 2.12. The number of aliphatic hydroxyl groups is 1. The van der Waals surface area contributed by atoms with E-state index in [0.717, 1.165) is 6.42 Å². The van der Waals surface area contributed by atoms with Crippen molar-refractivity contribution in [3.8, 4) is 0 Å². The van der Waals surface area contributed by atoms with Crippen LogP contribution in [0.4, 0.5) is 10.5 Å². The molecule has 0 aliphatic carbocycles. The van der Waals surface area contributed by atoms with E-state index >= 15 is 0 Å². The van der Waals surface area contributed by atoms with Crippen molar-refractivity contribution in [2.75, 3.05) is 18.1 Å². The molecule has 3 N–H and O–H groups in total. The standard InChI is InChI=1S/C15H24N2O4S/c1-4-11(2)14(18)9-16-15(19)17-13-7-5-12(6-8-13)10-22(3,20)21/h5-8,11,14,18H,4,9-10H2,1-3H3,(H2,16,17,19). The third-order valence-corrected chi connectivity index (χ3v) is 4.27. The molecule has 1 aromatic rings. The molecule has 0 saturated heterocycles. The maximum atomic E-state index is 11.7. The molecule has 2 atom stereocenters. The summed E-state index contributed by atoms with van der Waals surface area (Å²) in [7, 11) is -3.07. The average molecular weight is 328 g/mol. The van der Waals surface area contributed by atoms with Crippen LogP contribution in [-0.2, 0) is 15.6 Å². The highest BCUT2D eigenvalue weighted by molar-refractivity contribution is 7.89. The molecule has 7 heteroatoms. The van der Waals surface area contributed by atoms with E-state index in [2.05, 4.69) is 10.6 Å². The summed E-state index contributed by atoms with van der Waals surface area (Å²) in [6.45, 7) is 4.09. The normalized spacial score (nSPS) is 14.2. The molecule has 1 rings (SSSR count).